The molecule has 1 aromatic carbocycles. The minimum absolute atomic E-state index is 0.151. The first-order valence-electron chi connectivity index (χ1n) is 7.13. The average Bonchev–Trinajstić information content (AvgIpc) is 2.44. The molecule has 0 unspecified atom stereocenters. The van der Waals surface area contributed by atoms with E-state index in [9.17, 15) is 8.42 Å². The zero-order valence-electron chi connectivity index (χ0n) is 11.6. The molecule has 6 heteroatoms. The van der Waals surface area contributed by atoms with Crippen LogP contribution in [-0.4, -0.2) is 28.1 Å². The summed E-state index contributed by atoms with van der Waals surface area (Å²) in [4.78, 5) is 0.151. The minimum Gasteiger partial charge on any atom is -0.385 e. The molecule has 1 heterocycles. The van der Waals surface area contributed by atoms with Crippen molar-refractivity contribution in [3.05, 3.63) is 24.3 Å². The molecule has 2 rings (SSSR count). The highest BCUT2D eigenvalue weighted by molar-refractivity contribution is 7.89. The van der Waals surface area contributed by atoms with E-state index in [1.165, 1.54) is 31.4 Å². The van der Waals surface area contributed by atoms with E-state index in [-0.39, 0.29) is 4.90 Å². The third kappa shape index (κ3) is 4.77. The number of hydrogen-bond acceptors (Lipinski definition) is 4. The van der Waals surface area contributed by atoms with Crippen LogP contribution in [0.3, 0.4) is 0 Å². The SMILES string of the molecule is NS(=O)(=O)c1ccc(NCCCC2CCNCC2)cc1. The van der Waals surface area contributed by atoms with Gasteiger partial charge in [-0.3, -0.25) is 0 Å². The maximum absolute atomic E-state index is 11.1. The lowest BCUT2D eigenvalue weighted by molar-refractivity contribution is 0.350. The van der Waals surface area contributed by atoms with Crippen molar-refractivity contribution in [1.29, 1.82) is 0 Å². The molecule has 5 nitrogen and oxygen atoms in total. The van der Waals surface area contributed by atoms with Crippen molar-refractivity contribution < 1.29 is 8.42 Å². The fourth-order valence-electron chi connectivity index (χ4n) is 2.56. The third-order valence-corrected chi connectivity index (χ3v) is 4.69. The molecule has 0 amide bonds. The van der Waals surface area contributed by atoms with E-state index in [1.807, 2.05) is 0 Å². The van der Waals surface area contributed by atoms with Gasteiger partial charge in [-0.05, 0) is 69.0 Å². The van der Waals surface area contributed by atoms with E-state index in [0.717, 1.165) is 37.7 Å². The summed E-state index contributed by atoms with van der Waals surface area (Å²) < 4.78 is 22.3. The molecule has 0 aromatic heterocycles. The van der Waals surface area contributed by atoms with E-state index in [2.05, 4.69) is 10.6 Å². The van der Waals surface area contributed by atoms with Crippen molar-refractivity contribution in [2.45, 2.75) is 30.6 Å². The lowest BCUT2D eigenvalue weighted by Gasteiger charge is -2.22. The molecule has 1 fully saturated rings. The smallest absolute Gasteiger partial charge is 0.238 e. The van der Waals surface area contributed by atoms with Crippen LogP contribution in [0.1, 0.15) is 25.7 Å². The molecule has 112 valence electrons. The van der Waals surface area contributed by atoms with E-state index in [1.54, 1.807) is 12.1 Å². The Bertz CT molecular complexity index is 508. The number of anilines is 1. The Morgan fingerprint density at radius 3 is 2.45 bits per heavy atom. The fourth-order valence-corrected chi connectivity index (χ4v) is 3.07. The number of nitrogens with two attached hydrogens (primary N) is 1. The molecule has 1 aromatic rings. The van der Waals surface area contributed by atoms with Crippen LogP contribution < -0.4 is 15.8 Å². The molecule has 1 saturated heterocycles. The van der Waals surface area contributed by atoms with Gasteiger partial charge in [-0.1, -0.05) is 0 Å². The Hall–Kier alpha value is -1.11. The summed E-state index contributed by atoms with van der Waals surface area (Å²) in [5, 5.41) is 11.7. The van der Waals surface area contributed by atoms with Gasteiger partial charge in [0.1, 0.15) is 0 Å². The van der Waals surface area contributed by atoms with Crippen LogP contribution in [-0.2, 0) is 10.0 Å². The third-order valence-electron chi connectivity index (χ3n) is 3.76. The fraction of sp³-hybridized carbons (Fsp3) is 0.571. The second-order valence-corrected chi connectivity index (χ2v) is 6.89. The molecule has 1 aliphatic rings. The normalized spacial score (nSPS) is 17.1. The zero-order valence-corrected chi connectivity index (χ0v) is 12.5. The van der Waals surface area contributed by atoms with Gasteiger partial charge in [-0.2, -0.15) is 0 Å². The minimum atomic E-state index is -3.59. The molecule has 0 spiro atoms. The van der Waals surface area contributed by atoms with Crippen molar-refractivity contribution in [2.24, 2.45) is 11.1 Å². The van der Waals surface area contributed by atoms with Gasteiger partial charge < -0.3 is 10.6 Å². The summed E-state index contributed by atoms with van der Waals surface area (Å²) in [6, 6.07) is 6.57. The highest BCUT2D eigenvalue weighted by Gasteiger charge is 2.12. The van der Waals surface area contributed by atoms with Gasteiger partial charge in [0, 0.05) is 12.2 Å². The standard InChI is InChI=1S/C14H23N3O2S/c15-20(18,19)14-5-3-13(4-6-14)17-9-1-2-12-7-10-16-11-8-12/h3-6,12,16-17H,1-2,7-11H2,(H2,15,18,19). The number of nitrogens with one attached hydrogen (secondary N) is 2. The first-order valence-corrected chi connectivity index (χ1v) is 8.68. The van der Waals surface area contributed by atoms with Gasteiger partial charge in [0.15, 0.2) is 0 Å². The van der Waals surface area contributed by atoms with Gasteiger partial charge in [-0.25, -0.2) is 13.6 Å². The predicted molar refractivity (Wildman–Crippen MR) is 81.1 cm³/mol. The van der Waals surface area contributed by atoms with E-state index < -0.39 is 10.0 Å². The van der Waals surface area contributed by atoms with Crippen LogP contribution in [0.4, 0.5) is 5.69 Å². The molecule has 0 saturated carbocycles. The van der Waals surface area contributed by atoms with Crippen LogP contribution in [0.2, 0.25) is 0 Å². The topological polar surface area (TPSA) is 84.2 Å². The van der Waals surface area contributed by atoms with Crippen LogP contribution in [0.5, 0.6) is 0 Å². The Balaban J connectivity index is 1.71. The molecule has 4 N–H and O–H groups in total. The largest absolute Gasteiger partial charge is 0.385 e. The Morgan fingerprint density at radius 2 is 1.85 bits per heavy atom. The lowest BCUT2D eigenvalue weighted by atomic mass is 9.93. The van der Waals surface area contributed by atoms with Crippen LogP contribution in [0, 0.1) is 5.92 Å². The zero-order chi connectivity index (χ0) is 14.4. The van der Waals surface area contributed by atoms with Gasteiger partial charge >= 0.3 is 0 Å². The van der Waals surface area contributed by atoms with Crippen LogP contribution >= 0.6 is 0 Å². The molecule has 0 bridgehead atoms. The quantitative estimate of drug-likeness (QED) is 0.695. The van der Waals surface area contributed by atoms with Crippen molar-refractivity contribution in [1.82, 2.24) is 5.32 Å². The van der Waals surface area contributed by atoms with Crippen molar-refractivity contribution in [3.8, 4) is 0 Å². The molecular weight excluding hydrogens is 274 g/mol. The number of benzene rings is 1. The number of primary sulfonamides is 1. The Kier molecular flexibility index (Phi) is 5.39. The van der Waals surface area contributed by atoms with E-state index in [4.69, 9.17) is 5.14 Å². The van der Waals surface area contributed by atoms with E-state index in [0.29, 0.717) is 0 Å². The second-order valence-electron chi connectivity index (χ2n) is 5.33. The molecule has 0 radical (unpaired) electrons. The highest BCUT2D eigenvalue weighted by Crippen LogP contribution is 2.18. The first-order chi connectivity index (χ1) is 9.55. The Labute approximate surface area is 121 Å². The molecule has 20 heavy (non-hydrogen) atoms. The summed E-state index contributed by atoms with van der Waals surface area (Å²) in [5.74, 6) is 0.850. The summed E-state index contributed by atoms with van der Waals surface area (Å²) in [7, 11) is -3.59. The first kappa shape index (κ1) is 15.3. The monoisotopic (exact) mass is 297 g/mol. The van der Waals surface area contributed by atoms with Crippen LogP contribution in [0.15, 0.2) is 29.2 Å². The van der Waals surface area contributed by atoms with Crippen LogP contribution in [0.25, 0.3) is 0 Å². The Morgan fingerprint density at radius 1 is 1.20 bits per heavy atom. The molecular formula is C14H23N3O2S. The summed E-state index contributed by atoms with van der Waals surface area (Å²) >= 11 is 0. The molecule has 1 aliphatic heterocycles. The van der Waals surface area contributed by atoms with Gasteiger partial charge in [0.2, 0.25) is 10.0 Å². The molecule has 0 aliphatic carbocycles. The lowest BCUT2D eigenvalue weighted by Crippen LogP contribution is -2.27. The van der Waals surface area contributed by atoms with E-state index >= 15 is 0 Å². The number of piperidine rings is 1. The number of hydrogen-bond donors (Lipinski definition) is 3. The highest BCUT2D eigenvalue weighted by atomic mass is 32.2. The number of rotatable bonds is 6. The summed E-state index contributed by atoms with van der Waals surface area (Å²) in [6.07, 6.45) is 4.96. The predicted octanol–water partition coefficient (Wildman–Crippen LogP) is 1.53. The summed E-state index contributed by atoms with van der Waals surface area (Å²) in [6.45, 7) is 3.21. The van der Waals surface area contributed by atoms with Crippen molar-refractivity contribution in [2.75, 3.05) is 25.0 Å². The number of sulfonamides is 1. The van der Waals surface area contributed by atoms with Gasteiger partial charge in [-0.15, -0.1) is 0 Å². The second kappa shape index (κ2) is 7.06. The maximum Gasteiger partial charge on any atom is 0.238 e. The summed E-state index contributed by atoms with van der Waals surface area (Å²) in [5.41, 5.74) is 0.933. The maximum atomic E-state index is 11.1. The van der Waals surface area contributed by atoms with Crippen molar-refractivity contribution >= 4 is 15.7 Å². The molecule has 0 atom stereocenters. The van der Waals surface area contributed by atoms with Gasteiger partial charge in [0.25, 0.3) is 0 Å². The van der Waals surface area contributed by atoms with Crippen molar-refractivity contribution in [3.63, 3.8) is 0 Å². The van der Waals surface area contributed by atoms with Gasteiger partial charge in [0.05, 0.1) is 4.90 Å². The average molecular weight is 297 g/mol.